The zero-order valence-corrected chi connectivity index (χ0v) is 7.12. The molecule has 0 radical (unpaired) electrons. The van der Waals surface area contributed by atoms with Crippen molar-refractivity contribution < 1.29 is 24.9 Å². The molecule has 0 aromatic carbocycles. The lowest BCUT2D eigenvalue weighted by molar-refractivity contribution is -0.252. The number of carbonyl (C=O) groups is 1. The van der Waals surface area contributed by atoms with Gasteiger partial charge in [0.25, 0.3) is 0 Å². The van der Waals surface area contributed by atoms with Gasteiger partial charge in [-0.1, -0.05) is 0 Å². The molecule has 5 atom stereocenters. The van der Waals surface area contributed by atoms with Crippen molar-refractivity contribution in [2.45, 2.75) is 37.6 Å². The number of rotatable bonds is 2. The third-order valence-electron chi connectivity index (χ3n) is 2.13. The van der Waals surface area contributed by atoms with E-state index in [1.807, 2.05) is 0 Å². The fourth-order valence-corrected chi connectivity index (χ4v) is 1.36. The Kier molecular flexibility index (Phi) is 3.21. The Bertz CT molecular complexity index is 188. The Balaban J connectivity index is 2.66. The van der Waals surface area contributed by atoms with Gasteiger partial charge in [-0.25, -0.2) is 0 Å². The van der Waals surface area contributed by atoms with Gasteiger partial charge in [0.05, 0.1) is 12.1 Å². The van der Waals surface area contributed by atoms with Crippen molar-refractivity contribution in [3.63, 3.8) is 0 Å². The summed E-state index contributed by atoms with van der Waals surface area (Å²) < 4.78 is 4.86. The van der Waals surface area contributed by atoms with Gasteiger partial charge in [0.15, 0.2) is 6.29 Å². The molecule has 1 fully saturated rings. The van der Waals surface area contributed by atoms with E-state index >= 15 is 0 Å². The maximum atomic E-state index is 10.1. The van der Waals surface area contributed by atoms with Gasteiger partial charge in [-0.15, -0.1) is 0 Å². The van der Waals surface area contributed by atoms with Crippen LogP contribution in [0, 0.1) is 0 Å². The van der Waals surface area contributed by atoms with E-state index in [0.29, 0.717) is 6.41 Å². The lowest BCUT2D eigenvalue weighted by Gasteiger charge is -2.39. The van der Waals surface area contributed by atoms with E-state index in [9.17, 15) is 15.0 Å². The smallest absolute Gasteiger partial charge is 0.207 e. The largest absolute Gasteiger partial charge is 0.388 e. The minimum absolute atomic E-state index is 0.415. The lowest BCUT2D eigenvalue weighted by atomic mass is 9.97. The van der Waals surface area contributed by atoms with E-state index in [-0.39, 0.29) is 0 Å². The third kappa shape index (κ3) is 1.97. The second-order valence-electron chi connectivity index (χ2n) is 3.02. The van der Waals surface area contributed by atoms with E-state index < -0.39 is 30.6 Å². The maximum absolute atomic E-state index is 10.1. The van der Waals surface area contributed by atoms with Gasteiger partial charge in [-0.05, 0) is 6.92 Å². The van der Waals surface area contributed by atoms with Crippen LogP contribution in [0.15, 0.2) is 0 Å². The van der Waals surface area contributed by atoms with Crippen LogP contribution in [0.2, 0.25) is 0 Å². The van der Waals surface area contributed by atoms with Gasteiger partial charge < -0.3 is 25.4 Å². The normalized spacial score (nSPS) is 45.7. The highest BCUT2D eigenvalue weighted by Gasteiger charge is 2.41. The summed E-state index contributed by atoms with van der Waals surface area (Å²) in [5.74, 6) is 0. The molecular formula is C7H13NO5. The standard InChI is InChI=1S/C7H13NO5/c1-3-4(8-2-9)5(10)6(11)7(12)13-3/h2-7,10-12H,1H3,(H,8,9)/t3-,4-,5+,6+,7?/m1/s1. The Morgan fingerprint density at radius 1 is 1.31 bits per heavy atom. The van der Waals surface area contributed by atoms with Crippen LogP contribution < -0.4 is 5.32 Å². The summed E-state index contributed by atoms with van der Waals surface area (Å²) in [6.07, 6.45) is -4.15. The van der Waals surface area contributed by atoms with Crippen LogP contribution in [0.25, 0.3) is 0 Å². The van der Waals surface area contributed by atoms with Gasteiger partial charge in [-0.2, -0.15) is 0 Å². The van der Waals surface area contributed by atoms with E-state index in [4.69, 9.17) is 9.84 Å². The molecule has 13 heavy (non-hydrogen) atoms. The number of hydrogen-bond donors (Lipinski definition) is 4. The Morgan fingerprint density at radius 3 is 2.46 bits per heavy atom. The summed E-state index contributed by atoms with van der Waals surface area (Å²) in [6.45, 7) is 1.58. The molecule has 76 valence electrons. The van der Waals surface area contributed by atoms with Crippen LogP contribution in [-0.2, 0) is 9.53 Å². The average Bonchev–Trinajstić information content (AvgIpc) is 2.09. The molecule has 0 bridgehead atoms. The number of aliphatic hydroxyl groups is 3. The summed E-state index contributed by atoms with van der Waals surface area (Å²) in [5.41, 5.74) is 0. The summed E-state index contributed by atoms with van der Waals surface area (Å²) in [4.78, 5) is 10.1. The molecule has 1 amide bonds. The molecule has 6 nitrogen and oxygen atoms in total. The quantitative estimate of drug-likeness (QED) is 0.363. The number of carbonyl (C=O) groups excluding carboxylic acids is 1. The molecule has 1 rings (SSSR count). The highest BCUT2D eigenvalue weighted by molar-refractivity contribution is 5.47. The van der Waals surface area contributed by atoms with Gasteiger partial charge in [0, 0.05) is 0 Å². The zero-order valence-electron chi connectivity index (χ0n) is 7.12. The molecule has 0 aliphatic carbocycles. The summed E-state index contributed by atoms with van der Waals surface area (Å²) in [6, 6.07) is -0.698. The molecule has 6 heteroatoms. The first-order chi connectivity index (χ1) is 6.07. The van der Waals surface area contributed by atoms with Crippen molar-refractivity contribution >= 4 is 6.41 Å². The van der Waals surface area contributed by atoms with Crippen molar-refractivity contribution in [3.05, 3.63) is 0 Å². The third-order valence-corrected chi connectivity index (χ3v) is 2.13. The van der Waals surface area contributed by atoms with E-state index in [1.54, 1.807) is 6.92 Å². The fraction of sp³-hybridized carbons (Fsp3) is 0.857. The Labute approximate surface area is 75.1 Å². The first kappa shape index (κ1) is 10.4. The number of amides is 1. The van der Waals surface area contributed by atoms with Crippen molar-refractivity contribution in [2.24, 2.45) is 0 Å². The van der Waals surface area contributed by atoms with E-state index in [2.05, 4.69) is 5.32 Å². The SMILES string of the molecule is C[C@H]1OC(O)[C@@H](O)[C@@H](O)[C@@H]1NC=O. The highest BCUT2D eigenvalue weighted by Crippen LogP contribution is 2.18. The Hall–Kier alpha value is -0.690. The van der Waals surface area contributed by atoms with Crippen LogP contribution in [0.3, 0.4) is 0 Å². The lowest BCUT2D eigenvalue weighted by Crippen LogP contribution is -2.61. The van der Waals surface area contributed by atoms with Crippen LogP contribution in [0.5, 0.6) is 0 Å². The number of nitrogens with one attached hydrogen (secondary N) is 1. The molecule has 4 N–H and O–H groups in total. The zero-order chi connectivity index (χ0) is 10.0. The van der Waals surface area contributed by atoms with Gasteiger partial charge >= 0.3 is 0 Å². The van der Waals surface area contributed by atoms with E-state index in [1.165, 1.54) is 0 Å². The predicted octanol–water partition coefficient (Wildman–Crippen LogP) is -2.44. The predicted molar refractivity (Wildman–Crippen MR) is 41.6 cm³/mol. The number of ether oxygens (including phenoxy) is 1. The van der Waals surface area contributed by atoms with Crippen LogP contribution in [0.1, 0.15) is 6.92 Å². The fourth-order valence-electron chi connectivity index (χ4n) is 1.36. The summed E-state index contributed by atoms with van der Waals surface area (Å²) in [7, 11) is 0. The molecular weight excluding hydrogens is 178 g/mol. The molecule has 1 aliphatic rings. The molecule has 0 aromatic heterocycles. The average molecular weight is 191 g/mol. The Morgan fingerprint density at radius 2 is 1.92 bits per heavy atom. The van der Waals surface area contributed by atoms with Gasteiger partial charge in [0.1, 0.15) is 12.2 Å². The monoisotopic (exact) mass is 191 g/mol. The molecule has 0 spiro atoms. The number of aliphatic hydroxyl groups excluding tert-OH is 3. The summed E-state index contributed by atoms with van der Waals surface area (Å²) >= 11 is 0. The van der Waals surface area contributed by atoms with Crippen LogP contribution in [-0.4, -0.2) is 52.4 Å². The maximum Gasteiger partial charge on any atom is 0.207 e. The topological polar surface area (TPSA) is 99.0 Å². The second kappa shape index (κ2) is 4.01. The van der Waals surface area contributed by atoms with Crippen molar-refractivity contribution in [3.8, 4) is 0 Å². The molecule has 1 unspecified atom stereocenters. The minimum atomic E-state index is -1.41. The molecule has 1 saturated heterocycles. The first-order valence-electron chi connectivity index (χ1n) is 3.97. The summed E-state index contributed by atoms with van der Waals surface area (Å²) in [5, 5.41) is 29.9. The highest BCUT2D eigenvalue weighted by atomic mass is 16.6. The minimum Gasteiger partial charge on any atom is -0.388 e. The van der Waals surface area contributed by atoms with Gasteiger partial charge in [-0.3, -0.25) is 4.79 Å². The van der Waals surface area contributed by atoms with Crippen molar-refractivity contribution in [1.29, 1.82) is 0 Å². The van der Waals surface area contributed by atoms with Crippen LogP contribution >= 0.6 is 0 Å². The first-order valence-corrected chi connectivity index (χ1v) is 3.97. The molecule has 1 aliphatic heterocycles. The molecule has 0 aromatic rings. The van der Waals surface area contributed by atoms with Crippen molar-refractivity contribution in [1.82, 2.24) is 5.32 Å². The van der Waals surface area contributed by atoms with Crippen molar-refractivity contribution in [2.75, 3.05) is 0 Å². The second-order valence-corrected chi connectivity index (χ2v) is 3.02. The van der Waals surface area contributed by atoms with E-state index in [0.717, 1.165) is 0 Å². The number of hydrogen-bond acceptors (Lipinski definition) is 5. The molecule has 1 heterocycles. The molecule has 0 saturated carbocycles. The van der Waals surface area contributed by atoms with Gasteiger partial charge in [0.2, 0.25) is 6.41 Å². The van der Waals surface area contributed by atoms with Crippen LogP contribution in [0.4, 0.5) is 0 Å².